The molecule has 1 N–H and O–H groups in total. The van der Waals surface area contributed by atoms with Crippen molar-refractivity contribution >= 4 is 10.8 Å². The fourth-order valence-electron chi connectivity index (χ4n) is 2.45. The molecule has 0 atom stereocenters. The van der Waals surface area contributed by atoms with Crippen LogP contribution >= 0.6 is 0 Å². The summed E-state index contributed by atoms with van der Waals surface area (Å²) in [6, 6.07) is 10.3. The number of hydrogen-bond acceptors (Lipinski definition) is 3. The van der Waals surface area contributed by atoms with Crippen LogP contribution in [0.15, 0.2) is 48.9 Å². The Morgan fingerprint density at radius 3 is 2.52 bits per heavy atom. The van der Waals surface area contributed by atoms with Gasteiger partial charge in [0.2, 0.25) is 0 Å². The summed E-state index contributed by atoms with van der Waals surface area (Å²) in [7, 11) is 0. The van der Waals surface area contributed by atoms with E-state index in [1.54, 1.807) is 20.0 Å². The molecule has 0 aliphatic carbocycles. The monoisotopic (exact) mass is 278 g/mol. The van der Waals surface area contributed by atoms with E-state index in [0.717, 1.165) is 22.1 Å². The first kappa shape index (κ1) is 13.7. The fourth-order valence-corrected chi connectivity index (χ4v) is 2.45. The van der Waals surface area contributed by atoms with Gasteiger partial charge in [-0.3, -0.25) is 9.97 Å². The summed E-state index contributed by atoms with van der Waals surface area (Å²) in [5, 5.41) is 12.3. The van der Waals surface area contributed by atoms with Crippen LogP contribution in [-0.2, 0) is 5.60 Å². The van der Waals surface area contributed by atoms with Crippen LogP contribution in [0.25, 0.3) is 21.9 Å². The van der Waals surface area contributed by atoms with Crippen LogP contribution in [-0.4, -0.2) is 15.1 Å². The molecule has 0 unspecified atom stereocenters. The molecule has 0 aliphatic heterocycles. The summed E-state index contributed by atoms with van der Waals surface area (Å²) < 4.78 is 0. The van der Waals surface area contributed by atoms with E-state index in [9.17, 15) is 5.11 Å². The number of nitrogens with zero attached hydrogens (tertiary/aromatic N) is 2. The van der Waals surface area contributed by atoms with Crippen molar-refractivity contribution in [1.29, 1.82) is 0 Å². The molecule has 2 heterocycles. The van der Waals surface area contributed by atoms with Crippen molar-refractivity contribution in [2.24, 2.45) is 0 Å². The summed E-state index contributed by atoms with van der Waals surface area (Å²) in [5.41, 5.74) is 3.06. The Balaban J connectivity index is 2.10. The predicted molar refractivity (Wildman–Crippen MR) is 85.0 cm³/mol. The van der Waals surface area contributed by atoms with E-state index in [1.165, 1.54) is 5.39 Å². The smallest absolute Gasteiger partial charge is 0.101 e. The van der Waals surface area contributed by atoms with Crippen molar-refractivity contribution in [1.82, 2.24) is 9.97 Å². The summed E-state index contributed by atoms with van der Waals surface area (Å²) in [5.74, 6) is 0. The minimum atomic E-state index is -0.920. The molecule has 21 heavy (non-hydrogen) atoms. The van der Waals surface area contributed by atoms with E-state index in [1.807, 2.05) is 31.5 Å². The third-order valence-corrected chi connectivity index (χ3v) is 3.69. The Kier molecular flexibility index (Phi) is 3.22. The number of aryl methyl sites for hydroxylation is 1. The molecular formula is C18H18N2O. The van der Waals surface area contributed by atoms with Crippen molar-refractivity contribution < 1.29 is 5.11 Å². The lowest BCUT2D eigenvalue weighted by molar-refractivity contribution is 0.0738. The van der Waals surface area contributed by atoms with E-state index in [4.69, 9.17) is 0 Å². The van der Waals surface area contributed by atoms with E-state index >= 15 is 0 Å². The maximum Gasteiger partial charge on any atom is 0.101 e. The van der Waals surface area contributed by atoms with Gasteiger partial charge in [-0.2, -0.15) is 0 Å². The summed E-state index contributed by atoms with van der Waals surface area (Å²) in [4.78, 5) is 8.57. The zero-order valence-corrected chi connectivity index (χ0v) is 12.5. The molecule has 0 fully saturated rings. The fraction of sp³-hybridized carbons (Fsp3) is 0.222. The van der Waals surface area contributed by atoms with Gasteiger partial charge < -0.3 is 5.11 Å². The molecule has 1 aromatic carbocycles. The van der Waals surface area contributed by atoms with Crippen molar-refractivity contribution in [2.45, 2.75) is 26.4 Å². The topological polar surface area (TPSA) is 46.0 Å². The van der Waals surface area contributed by atoms with Crippen LogP contribution in [0.3, 0.4) is 0 Å². The van der Waals surface area contributed by atoms with Crippen LogP contribution in [0.2, 0.25) is 0 Å². The van der Waals surface area contributed by atoms with Gasteiger partial charge in [0.05, 0.1) is 5.69 Å². The minimum Gasteiger partial charge on any atom is -0.384 e. The summed E-state index contributed by atoms with van der Waals surface area (Å²) in [6.07, 6.45) is 5.50. The van der Waals surface area contributed by atoms with E-state index in [2.05, 4.69) is 28.2 Å². The predicted octanol–water partition coefficient (Wildman–Crippen LogP) is 3.83. The van der Waals surface area contributed by atoms with Gasteiger partial charge in [-0.25, -0.2) is 0 Å². The zero-order valence-electron chi connectivity index (χ0n) is 12.5. The van der Waals surface area contributed by atoms with Gasteiger partial charge in [0.25, 0.3) is 0 Å². The molecule has 3 rings (SSSR count). The lowest BCUT2D eigenvalue weighted by Gasteiger charge is -2.18. The number of hydrogen-bond donors (Lipinski definition) is 1. The number of pyridine rings is 2. The van der Waals surface area contributed by atoms with Gasteiger partial charge in [-0.15, -0.1) is 0 Å². The highest BCUT2D eigenvalue weighted by Gasteiger charge is 2.18. The molecule has 0 spiro atoms. The van der Waals surface area contributed by atoms with Crippen molar-refractivity contribution in [3.8, 4) is 11.1 Å². The molecule has 106 valence electrons. The molecular weight excluding hydrogens is 260 g/mol. The Morgan fingerprint density at radius 2 is 1.81 bits per heavy atom. The first-order chi connectivity index (χ1) is 9.95. The number of aromatic nitrogens is 2. The Morgan fingerprint density at radius 1 is 1.00 bits per heavy atom. The van der Waals surface area contributed by atoms with Crippen LogP contribution in [0.5, 0.6) is 0 Å². The Bertz CT molecular complexity index is 804. The Hall–Kier alpha value is -2.26. The second-order valence-electron chi connectivity index (χ2n) is 5.88. The zero-order chi connectivity index (χ0) is 15.0. The highest BCUT2D eigenvalue weighted by atomic mass is 16.3. The SMILES string of the molecule is Cc1cc(C(C)(C)O)ncc1-c1ccc2ccncc2c1. The number of fused-ring (bicyclic) bond motifs is 1. The van der Waals surface area contributed by atoms with Crippen LogP contribution < -0.4 is 0 Å². The van der Waals surface area contributed by atoms with Gasteiger partial charge in [-0.05, 0) is 55.5 Å². The lowest BCUT2D eigenvalue weighted by atomic mass is 9.97. The average Bonchev–Trinajstić information content (AvgIpc) is 2.45. The van der Waals surface area contributed by atoms with Gasteiger partial charge in [0.1, 0.15) is 5.60 Å². The van der Waals surface area contributed by atoms with Gasteiger partial charge >= 0.3 is 0 Å². The average molecular weight is 278 g/mol. The molecule has 0 bridgehead atoms. The number of aliphatic hydroxyl groups is 1. The van der Waals surface area contributed by atoms with Crippen LogP contribution in [0.4, 0.5) is 0 Å². The van der Waals surface area contributed by atoms with E-state index in [0.29, 0.717) is 5.69 Å². The highest BCUT2D eigenvalue weighted by Crippen LogP contribution is 2.28. The molecule has 2 aromatic heterocycles. The van der Waals surface area contributed by atoms with Crippen LogP contribution in [0, 0.1) is 6.92 Å². The quantitative estimate of drug-likeness (QED) is 0.775. The number of benzene rings is 1. The normalized spacial score (nSPS) is 11.8. The lowest BCUT2D eigenvalue weighted by Crippen LogP contribution is -2.17. The van der Waals surface area contributed by atoms with E-state index < -0.39 is 5.60 Å². The summed E-state index contributed by atoms with van der Waals surface area (Å²) in [6.45, 7) is 5.53. The molecule has 3 heteroatoms. The summed E-state index contributed by atoms with van der Waals surface area (Å²) >= 11 is 0. The second kappa shape index (κ2) is 4.93. The van der Waals surface area contributed by atoms with Gasteiger partial charge in [0, 0.05) is 29.5 Å². The van der Waals surface area contributed by atoms with Crippen LogP contribution in [0.1, 0.15) is 25.1 Å². The molecule has 0 radical (unpaired) electrons. The minimum absolute atomic E-state index is 0.686. The molecule has 0 saturated carbocycles. The van der Waals surface area contributed by atoms with Gasteiger partial charge in [-0.1, -0.05) is 12.1 Å². The van der Waals surface area contributed by atoms with Crippen molar-refractivity contribution in [3.05, 3.63) is 60.2 Å². The Labute approximate surface area is 124 Å². The molecule has 3 nitrogen and oxygen atoms in total. The maximum atomic E-state index is 10.0. The van der Waals surface area contributed by atoms with Crippen molar-refractivity contribution in [2.75, 3.05) is 0 Å². The molecule has 0 aliphatic rings. The largest absolute Gasteiger partial charge is 0.384 e. The van der Waals surface area contributed by atoms with Crippen molar-refractivity contribution in [3.63, 3.8) is 0 Å². The first-order valence-corrected chi connectivity index (χ1v) is 6.99. The standard InChI is InChI=1S/C18H18N2O/c1-12-8-17(18(2,3)21)20-11-16(12)14-5-4-13-6-7-19-10-15(13)9-14/h4-11,21H,1-3H3. The molecule has 3 aromatic rings. The highest BCUT2D eigenvalue weighted by molar-refractivity contribution is 5.86. The number of rotatable bonds is 2. The van der Waals surface area contributed by atoms with Gasteiger partial charge in [0.15, 0.2) is 0 Å². The maximum absolute atomic E-state index is 10.0. The first-order valence-electron chi connectivity index (χ1n) is 6.99. The third-order valence-electron chi connectivity index (χ3n) is 3.69. The second-order valence-corrected chi connectivity index (χ2v) is 5.88. The van der Waals surface area contributed by atoms with E-state index in [-0.39, 0.29) is 0 Å². The molecule has 0 amide bonds. The molecule has 0 saturated heterocycles. The third kappa shape index (κ3) is 2.65.